The molecule has 5 heteroatoms. The van der Waals surface area contributed by atoms with E-state index in [1.54, 1.807) is 19.0 Å². The summed E-state index contributed by atoms with van der Waals surface area (Å²) in [5.74, 6) is 2.75. The van der Waals surface area contributed by atoms with Gasteiger partial charge in [0.05, 0.1) is 0 Å². The number of likely N-dealkylation sites (tertiary alicyclic amines) is 1. The van der Waals surface area contributed by atoms with Gasteiger partial charge in [0.15, 0.2) is 0 Å². The molecule has 0 radical (unpaired) electrons. The summed E-state index contributed by atoms with van der Waals surface area (Å²) in [6.07, 6.45) is 9.27. The van der Waals surface area contributed by atoms with Crippen LogP contribution in [0, 0.1) is 23.2 Å². The van der Waals surface area contributed by atoms with Crippen LogP contribution in [0.15, 0.2) is 0 Å². The van der Waals surface area contributed by atoms with Gasteiger partial charge in [-0.15, -0.1) is 0 Å². The summed E-state index contributed by atoms with van der Waals surface area (Å²) < 4.78 is 0. The van der Waals surface area contributed by atoms with Crippen molar-refractivity contribution in [2.45, 2.75) is 57.4 Å². The summed E-state index contributed by atoms with van der Waals surface area (Å²) in [5, 5.41) is 3.37. The minimum absolute atomic E-state index is 0.0503. The smallest absolute Gasteiger partial charge is 0.319 e. The molecule has 5 aliphatic rings. The molecular weight excluding hydrogens is 302 g/mol. The lowest BCUT2D eigenvalue weighted by Gasteiger charge is -2.56. The van der Waals surface area contributed by atoms with Crippen LogP contribution in [0.5, 0.6) is 0 Å². The molecule has 0 aromatic heterocycles. The van der Waals surface area contributed by atoms with Gasteiger partial charge >= 0.3 is 6.03 Å². The Labute approximate surface area is 145 Å². The van der Waals surface area contributed by atoms with Crippen molar-refractivity contribution in [3.63, 3.8) is 0 Å². The van der Waals surface area contributed by atoms with Gasteiger partial charge in [0.1, 0.15) is 0 Å². The molecule has 1 N–H and O–H groups in total. The van der Waals surface area contributed by atoms with Gasteiger partial charge < -0.3 is 15.1 Å². The Balaban J connectivity index is 1.34. The van der Waals surface area contributed by atoms with E-state index in [1.165, 1.54) is 19.3 Å². The highest BCUT2D eigenvalue weighted by Crippen LogP contribution is 2.60. The minimum Gasteiger partial charge on any atom is -0.353 e. The van der Waals surface area contributed by atoms with E-state index in [0.717, 1.165) is 62.9 Å². The van der Waals surface area contributed by atoms with Crippen molar-refractivity contribution in [3.8, 4) is 0 Å². The summed E-state index contributed by atoms with van der Waals surface area (Å²) in [7, 11) is 3.59. The van der Waals surface area contributed by atoms with Crippen molar-refractivity contribution in [1.82, 2.24) is 15.1 Å². The number of carbonyl (C=O) groups excluding carboxylic acids is 2. The first kappa shape index (κ1) is 16.2. The third-order valence-corrected chi connectivity index (χ3v) is 7.00. The monoisotopic (exact) mass is 333 g/mol. The van der Waals surface area contributed by atoms with Gasteiger partial charge in [-0.25, -0.2) is 4.79 Å². The standard InChI is InChI=1S/C19H31N3O2/c1-21(2)18(24)22-5-3-16(4-6-22)20-17(23)19-10-13-7-14(11-19)9-15(8-13)12-19/h13-16H,3-12H2,1-2H3,(H,20,23). The number of urea groups is 1. The fourth-order valence-electron chi connectivity index (χ4n) is 6.23. The fourth-order valence-corrected chi connectivity index (χ4v) is 6.23. The summed E-state index contributed by atoms with van der Waals surface area (Å²) in [6, 6.07) is 0.331. The van der Waals surface area contributed by atoms with Crippen molar-refractivity contribution < 1.29 is 9.59 Å². The van der Waals surface area contributed by atoms with Crippen LogP contribution in [-0.2, 0) is 4.79 Å². The number of nitrogens with zero attached hydrogens (tertiary/aromatic N) is 2. The summed E-state index contributed by atoms with van der Waals surface area (Å²) in [6.45, 7) is 1.51. The molecule has 3 amide bonds. The molecule has 0 aromatic carbocycles. The molecule has 5 fully saturated rings. The van der Waals surface area contributed by atoms with Gasteiger partial charge in [0.25, 0.3) is 0 Å². The second kappa shape index (κ2) is 5.92. The topological polar surface area (TPSA) is 52.7 Å². The van der Waals surface area contributed by atoms with Crippen molar-refractivity contribution >= 4 is 11.9 Å². The maximum atomic E-state index is 13.1. The molecule has 1 aliphatic heterocycles. The number of piperidine rings is 1. The van der Waals surface area contributed by atoms with E-state index < -0.39 is 0 Å². The molecule has 0 aromatic rings. The van der Waals surface area contributed by atoms with Gasteiger partial charge in [-0.05, 0) is 69.1 Å². The predicted octanol–water partition coefficient (Wildman–Crippen LogP) is 2.46. The molecule has 0 unspecified atom stereocenters. The zero-order chi connectivity index (χ0) is 16.9. The number of hydrogen-bond donors (Lipinski definition) is 1. The normalized spacial score (nSPS) is 38.2. The van der Waals surface area contributed by atoms with Crippen LogP contribution in [-0.4, -0.2) is 55.0 Å². The lowest BCUT2D eigenvalue weighted by atomic mass is 9.49. The van der Waals surface area contributed by atoms with Gasteiger partial charge in [-0.3, -0.25) is 4.79 Å². The van der Waals surface area contributed by atoms with E-state index in [9.17, 15) is 9.59 Å². The minimum atomic E-state index is -0.0503. The van der Waals surface area contributed by atoms with Gasteiger partial charge in [0, 0.05) is 38.6 Å². The van der Waals surface area contributed by atoms with Crippen LogP contribution in [0.3, 0.4) is 0 Å². The molecule has 5 rings (SSSR count). The maximum absolute atomic E-state index is 13.1. The van der Waals surface area contributed by atoms with E-state index >= 15 is 0 Å². The third-order valence-electron chi connectivity index (χ3n) is 7.00. The van der Waals surface area contributed by atoms with Gasteiger partial charge in [-0.1, -0.05) is 0 Å². The Hall–Kier alpha value is -1.26. The highest BCUT2D eigenvalue weighted by Gasteiger charge is 2.54. The van der Waals surface area contributed by atoms with Crippen LogP contribution in [0.25, 0.3) is 0 Å². The first-order valence-electron chi connectivity index (χ1n) is 9.72. The first-order valence-corrected chi connectivity index (χ1v) is 9.72. The van der Waals surface area contributed by atoms with Crippen molar-refractivity contribution in [2.24, 2.45) is 23.2 Å². The number of carbonyl (C=O) groups is 2. The Morgan fingerprint density at radius 3 is 1.92 bits per heavy atom. The lowest BCUT2D eigenvalue weighted by molar-refractivity contribution is -0.147. The second-order valence-corrected chi connectivity index (χ2v) is 9.11. The van der Waals surface area contributed by atoms with Crippen molar-refractivity contribution in [3.05, 3.63) is 0 Å². The molecule has 5 nitrogen and oxygen atoms in total. The zero-order valence-corrected chi connectivity index (χ0v) is 15.1. The van der Waals surface area contributed by atoms with E-state index in [-0.39, 0.29) is 17.5 Å². The zero-order valence-electron chi connectivity index (χ0n) is 15.1. The highest BCUT2D eigenvalue weighted by molar-refractivity contribution is 5.83. The molecule has 0 spiro atoms. The third kappa shape index (κ3) is 2.80. The molecule has 0 atom stereocenters. The Morgan fingerprint density at radius 1 is 0.958 bits per heavy atom. The predicted molar refractivity (Wildman–Crippen MR) is 92.4 cm³/mol. The average molecular weight is 333 g/mol. The molecule has 134 valence electrons. The number of amides is 3. The molecule has 1 heterocycles. The van der Waals surface area contributed by atoms with E-state index in [1.807, 2.05) is 4.90 Å². The van der Waals surface area contributed by atoms with Crippen molar-refractivity contribution in [2.75, 3.05) is 27.2 Å². The SMILES string of the molecule is CN(C)C(=O)N1CCC(NC(=O)C23CC4CC(CC(C4)C2)C3)CC1. The molecule has 24 heavy (non-hydrogen) atoms. The number of rotatable bonds is 2. The Kier molecular flexibility index (Phi) is 4.00. The summed E-state index contributed by atoms with van der Waals surface area (Å²) >= 11 is 0. The van der Waals surface area contributed by atoms with Gasteiger partial charge in [0.2, 0.25) is 5.91 Å². The van der Waals surface area contributed by atoms with Crippen molar-refractivity contribution in [1.29, 1.82) is 0 Å². The molecule has 1 saturated heterocycles. The number of hydrogen-bond acceptors (Lipinski definition) is 2. The van der Waals surface area contributed by atoms with E-state index in [0.29, 0.717) is 5.91 Å². The quantitative estimate of drug-likeness (QED) is 0.844. The van der Waals surface area contributed by atoms with Crippen LogP contribution in [0.2, 0.25) is 0 Å². The fraction of sp³-hybridized carbons (Fsp3) is 0.895. The van der Waals surface area contributed by atoms with Crippen LogP contribution >= 0.6 is 0 Å². The number of nitrogens with one attached hydrogen (secondary N) is 1. The molecule has 4 saturated carbocycles. The van der Waals surface area contributed by atoms with E-state index in [2.05, 4.69) is 5.32 Å². The largest absolute Gasteiger partial charge is 0.353 e. The molecule has 4 bridgehead atoms. The van der Waals surface area contributed by atoms with Gasteiger partial charge in [-0.2, -0.15) is 0 Å². The summed E-state index contributed by atoms with van der Waals surface area (Å²) in [5.41, 5.74) is -0.0503. The Bertz CT molecular complexity index is 487. The van der Waals surface area contributed by atoms with Crippen LogP contribution in [0.1, 0.15) is 51.4 Å². The van der Waals surface area contributed by atoms with Crippen LogP contribution in [0.4, 0.5) is 4.79 Å². The molecular formula is C19H31N3O2. The highest BCUT2D eigenvalue weighted by atomic mass is 16.2. The summed E-state index contributed by atoms with van der Waals surface area (Å²) in [4.78, 5) is 28.6. The second-order valence-electron chi connectivity index (χ2n) is 9.11. The van der Waals surface area contributed by atoms with E-state index in [4.69, 9.17) is 0 Å². The average Bonchev–Trinajstić information content (AvgIpc) is 2.53. The molecule has 4 aliphatic carbocycles. The maximum Gasteiger partial charge on any atom is 0.319 e. The Morgan fingerprint density at radius 2 is 1.46 bits per heavy atom. The first-order chi connectivity index (χ1) is 11.4. The van der Waals surface area contributed by atoms with Crippen LogP contribution < -0.4 is 5.32 Å². The lowest BCUT2D eigenvalue weighted by Crippen LogP contribution is -2.56.